The Bertz CT molecular complexity index is 459. The Labute approximate surface area is 95.3 Å². The van der Waals surface area contributed by atoms with Crippen molar-refractivity contribution in [3.8, 4) is 11.3 Å². The maximum atomic E-state index is 13.2. The Morgan fingerprint density at radius 1 is 1.27 bits per heavy atom. The van der Waals surface area contributed by atoms with Crippen molar-refractivity contribution in [1.29, 1.82) is 0 Å². The van der Waals surface area contributed by atoms with Gasteiger partial charge in [-0.2, -0.15) is 0 Å². The summed E-state index contributed by atoms with van der Waals surface area (Å²) < 4.78 is 13.2. The molecule has 0 spiro atoms. The topological polar surface area (TPSA) is 25.8 Å². The Kier molecular flexibility index (Phi) is 3.06. The number of halogens is 2. The van der Waals surface area contributed by atoms with Gasteiger partial charge in [0.15, 0.2) is 0 Å². The maximum absolute atomic E-state index is 13.2. The van der Waals surface area contributed by atoms with Gasteiger partial charge in [-0.05, 0) is 18.2 Å². The van der Waals surface area contributed by atoms with Gasteiger partial charge >= 0.3 is 0 Å². The predicted molar refractivity (Wildman–Crippen MR) is 60.1 cm³/mol. The number of nitrogens with zero attached hydrogens (tertiary/aromatic N) is 2. The first-order valence-electron chi connectivity index (χ1n) is 4.42. The molecule has 0 atom stereocenters. The highest BCUT2D eigenvalue weighted by atomic mass is 79.9. The first-order chi connectivity index (χ1) is 7.31. The summed E-state index contributed by atoms with van der Waals surface area (Å²) in [5.74, 6) is -0.287. The van der Waals surface area contributed by atoms with E-state index < -0.39 is 0 Å². The van der Waals surface area contributed by atoms with E-state index in [2.05, 4.69) is 25.9 Å². The average molecular weight is 267 g/mol. The molecule has 2 rings (SSSR count). The van der Waals surface area contributed by atoms with Gasteiger partial charge in [0, 0.05) is 28.9 Å². The fraction of sp³-hybridized carbons (Fsp3) is 0.0909. The molecule has 0 N–H and O–H groups in total. The summed E-state index contributed by atoms with van der Waals surface area (Å²) in [6.45, 7) is 0. The molecule has 0 saturated carbocycles. The lowest BCUT2D eigenvalue weighted by atomic mass is 10.1. The van der Waals surface area contributed by atoms with Crippen molar-refractivity contribution >= 4 is 15.9 Å². The molecule has 4 heteroatoms. The van der Waals surface area contributed by atoms with Crippen molar-refractivity contribution in [3.05, 3.63) is 48.2 Å². The summed E-state index contributed by atoms with van der Waals surface area (Å²) in [4.78, 5) is 7.95. The van der Waals surface area contributed by atoms with Crippen LogP contribution in [0.5, 0.6) is 0 Å². The van der Waals surface area contributed by atoms with Crippen LogP contribution in [0.1, 0.15) is 5.56 Å². The van der Waals surface area contributed by atoms with Crippen LogP contribution in [0.25, 0.3) is 11.3 Å². The average Bonchev–Trinajstić information content (AvgIpc) is 2.31. The van der Waals surface area contributed by atoms with Gasteiger partial charge in [-0.15, -0.1) is 0 Å². The molecule has 0 aromatic carbocycles. The fourth-order valence-electron chi connectivity index (χ4n) is 1.26. The predicted octanol–water partition coefficient (Wildman–Crippen LogP) is 3.18. The Balaban J connectivity index is 2.46. The first kappa shape index (κ1) is 10.2. The summed E-state index contributed by atoms with van der Waals surface area (Å²) in [5, 5.41) is 0.486. The smallest absolute Gasteiger partial charge is 0.145 e. The normalized spacial score (nSPS) is 10.3. The highest BCUT2D eigenvalue weighted by molar-refractivity contribution is 9.08. The summed E-state index contributed by atoms with van der Waals surface area (Å²) in [5.41, 5.74) is 2.30. The number of rotatable bonds is 2. The van der Waals surface area contributed by atoms with E-state index in [4.69, 9.17) is 0 Å². The molecule has 0 radical (unpaired) electrons. The van der Waals surface area contributed by atoms with Crippen LogP contribution in [0, 0.1) is 5.82 Å². The van der Waals surface area contributed by atoms with E-state index in [1.807, 2.05) is 12.1 Å². The molecule has 15 heavy (non-hydrogen) atoms. The third-order valence-corrected chi connectivity index (χ3v) is 2.66. The van der Waals surface area contributed by atoms with Crippen LogP contribution in [0.15, 0.2) is 36.8 Å². The van der Waals surface area contributed by atoms with Gasteiger partial charge in [-0.3, -0.25) is 9.97 Å². The van der Waals surface area contributed by atoms with Crippen molar-refractivity contribution in [2.24, 2.45) is 0 Å². The molecular weight excluding hydrogens is 259 g/mol. The monoisotopic (exact) mass is 266 g/mol. The Morgan fingerprint density at radius 2 is 2.00 bits per heavy atom. The molecule has 2 nitrogen and oxygen atoms in total. The number of aromatic nitrogens is 2. The zero-order valence-electron chi connectivity index (χ0n) is 7.82. The Hall–Kier alpha value is -1.29. The lowest BCUT2D eigenvalue weighted by molar-refractivity contribution is 0.611. The van der Waals surface area contributed by atoms with E-state index >= 15 is 0 Å². The summed E-state index contributed by atoms with van der Waals surface area (Å²) in [6.07, 6.45) is 4.62. The molecule has 2 aromatic rings. The highest BCUT2D eigenvalue weighted by Crippen LogP contribution is 2.19. The highest BCUT2D eigenvalue weighted by Gasteiger charge is 2.04. The van der Waals surface area contributed by atoms with Crippen LogP contribution < -0.4 is 0 Å². The van der Waals surface area contributed by atoms with Crippen LogP contribution >= 0.6 is 15.9 Å². The van der Waals surface area contributed by atoms with Crippen molar-refractivity contribution < 1.29 is 4.39 Å². The zero-order chi connectivity index (χ0) is 10.7. The minimum Gasteiger partial charge on any atom is -0.265 e. The van der Waals surface area contributed by atoms with E-state index in [1.165, 1.54) is 6.20 Å². The third kappa shape index (κ3) is 2.21. The van der Waals surface area contributed by atoms with Crippen molar-refractivity contribution in [1.82, 2.24) is 9.97 Å². The number of hydrogen-bond donors (Lipinski definition) is 0. The van der Waals surface area contributed by atoms with Gasteiger partial charge in [-0.1, -0.05) is 15.9 Å². The summed E-state index contributed by atoms with van der Waals surface area (Å²) >= 11 is 3.23. The second-order valence-electron chi connectivity index (χ2n) is 3.03. The van der Waals surface area contributed by atoms with Crippen molar-refractivity contribution in [2.45, 2.75) is 5.33 Å². The van der Waals surface area contributed by atoms with Crippen molar-refractivity contribution in [3.63, 3.8) is 0 Å². The van der Waals surface area contributed by atoms with E-state index in [0.717, 1.165) is 11.3 Å². The lowest BCUT2D eigenvalue weighted by Crippen LogP contribution is -1.91. The zero-order valence-corrected chi connectivity index (χ0v) is 9.41. The lowest BCUT2D eigenvalue weighted by Gasteiger charge is -2.03. The van der Waals surface area contributed by atoms with Crippen LogP contribution in [0.4, 0.5) is 4.39 Å². The van der Waals surface area contributed by atoms with E-state index in [-0.39, 0.29) is 5.82 Å². The van der Waals surface area contributed by atoms with E-state index in [9.17, 15) is 4.39 Å². The standard InChI is InChI=1S/C11H8BrFN2/c12-6-9-5-11(15-7-10(9)13)8-1-3-14-4-2-8/h1-5,7H,6H2. The molecular formula is C11H8BrFN2. The van der Waals surface area contributed by atoms with Gasteiger partial charge in [0.2, 0.25) is 0 Å². The summed E-state index contributed by atoms with van der Waals surface area (Å²) in [7, 11) is 0. The minimum absolute atomic E-state index is 0.287. The second-order valence-corrected chi connectivity index (χ2v) is 3.59. The molecule has 0 aliphatic carbocycles. The first-order valence-corrected chi connectivity index (χ1v) is 5.54. The second kappa shape index (κ2) is 4.49. The van der Waals surface area contributed by atoms with Crippen LogP contribution in [-0.2, 0) is 5.33 Å². The van der Waals surface area contributed by atoms with Crippen molar-refractivity contribution in [2.75, 3.05) is 0 Å². The molecule has 0 unspecified atom stereocenters. The molecule has 0 amide bonds. The number of pyridine rings is 2. The Morgan fingerprint density at radius 3 is 2.67 bits per heavy atom. The maximum Gasteiger partial charge on any atom is 0.145 e. The van der Waals surface area contributed by atoms with Gasteiger partial charge in [0.05, 0.1) is 11.9 Å². The molecule has 0 bridgehead atoms. The molecule has 0 aliphatic heterocycles. The number of alkyl halides is 1. The van der Waals surface area contributed by atoms with Crippen LogP contribution in [0.3, 0.4) is 0 Å². The van der Waals surface area contributed by atoms with Gasteiger partial charge in [-0.25, -0.2) is 4.39 Å². The number of hydrogen-bond acceptors (Lipinski definition) is 2. The summed E-state index contributed by atoms with van der Waals surface area (Å²) in [6, 6.07) is 5.43. The molecule has 76 valence electrons. The van der Waals surface area contributed by atoms with Crippen LogP contribution in [0.2, 0.25) is 0 Å². The molecule has 0 aliphatic rings. The third-order valence-electron chi connectivity index (χ3n) is 2.05. The largest absolute Gasteiger partial charge is 0.265 e. The molecule has 2 aromatic heterocycles. The van der Waals surface area contributed by atoms with Gasteiger partial charge in [0.25, 0.3) is 0 Å². The van der Waals surface area contributed by atoms with Crippen LogP contribution in [-0.4, -0.2) is 9.97 Å². The molecule has 0 fully saturated rings. The minimum atomic E-state index is -0.287. The van der Waals surface area contributed by atoms with E-state index in [0.29, 0.717) is 10.9 Å². The quantitative estimate of drug-likeness (QED) is 0.781. The van der Waals surface area contributed by atoms with Gasteiger partial charge in [0.1, 0.15) is 5.82 Å². The molecule has 2 heterocycles. The van der Waals surface area contributed by atoms with Gasteiger partial charge < -0.3 is 0 Å². The fourth-order valence-corrected chi connectivity index (χ4v) is 1.69. The molecule has 0 saturated heterocycles. The van der Waals surface area contributed by atoms with E-state index in [1.54, 1.807) is 18.5 Å². The SMILES string of the molecule is Fc1cnc(-c2ccncc2)cc1CBr.